The molecule has 3 heterocycles. The van der Waals surface area contributed by atoms with E-state index in [0.717, 1.165) is 47.7 Å². The predicted molar refractivity (Wildman–Crippen MR) is 116 cm³/mol. The maximum Gasteiger partial charge on any atom is 0.154 e. The second-order valence-electron chi connectivity index (χ2n) is 8.70. The van der Waals surface area contributed by atoms with Gasteiger partial charge in [0.1, 0.15) is 5.52 Å². The van der Waals surface area contributed by atoms with Crippen molar-refractivity contribution in [3.8, 4) is 11.3 Å². The molecule has 4 rings (SSSR count). The molecule has 1 aliphatic heterocycles. The van der Waals surface area contributed by atoms with Gasteiger partial charge in [0.25, 0.3) is 0 Å². The third-order valence-electron chi connectivity index (χ3n) is 5.46. The molecule has 1 aromatic carbocycles. The van der Waals surface area contributed by atoms with Crippen LogP contribution in [0.5, 0.6) is 0 Å². The fraction of sp³-hybridized carbons (Fsp3) is 0.435. The Morgan fingerprint density at radius 1 is 1.11 bits per heavy atom. The van der Waals surface area contributed by atoms with Crippen LogP contribution in [0.4, 0.5) is 5.82 Å². The van der Waals surface area contributed by atoms with E-state index in [1.807, 2.05) is 6.07 Å². The zero-order valence-corrected chi connectivity index (χ0v) is 17.0. The van der Waals surface area contributed by atoms with Gasteiger partial charge >= 0.3 is 0 Å². The number of benzene rings is 1. The van der Waals surface area contributed by atoms with E-state index in [4.69, 9.17) is 4.98 Å². The average Bonchev–Trinajstić information content (AvgIpc) is 2.72. The van der Waals surface area contributed by atoms with Crippen LogP contribution in [0.2, 0.25) is 0 Å². The summed E-state index contributed by atoms with van der Waals surface area (Å²) in [5.74, 6) is 1.45. The van der Waals surface area contributed by atoms with Crippen molar-refractivity contribution in [1.82, 2.24) is 20.3 Å². The molecule has 0 radical (unpaired) electrons. The third-order valence-corrected chi connectivity index (χ3v) is 5.46. The van der Waals surface area contributed by atoms with E-state index in [1.54, 1.807) is 12.4 Å². The van der Waals surface area contributed by atoms with Crippen LogP contribution in [0.25, 0.3) is 22.3 Å². The maximum atomic E-state index is 4.91. The molecule has 0 bridgehead atoms. The van der Waals surface area contributed by atoms with E-state index in [-0.39, 0.29) is 5.41 Å². The molecular weight excluding hydrogens is 346 g/mol. The second kappa shape index (κ2) is 7.84. The largest absolute Gasteiger partial charge is 0.368 e. The quantitative estimate of drug-likeness (QED) is 0.708. The number of nitrogens with one attached hydrogen (secondary N) is 2. The number of nitrogens with zero attached hydrogens (tertiary/aromatic N) is 3. The molecule has 1 saturated heterocycles. The summed E-state index contributed by atoms with van der Waals surface area (Å²) in [7, 11) is 0. The van der Waals surface area contributed by atoms with Crippen LogP contribution in [0.15, 0.2) is 42.7 Å². The van der Waals surface area contributed by atoms with E-state index in [0.29, 0.717) is 5.92 Å². The molecule has 5 nitrogen and oxygen atoms in total. The first-order chi connectivity index (χ1) is 13.5. The van der Waals surface area contributed by atoms with Crippen LogP contribution in [0.3, 0.4) is 0 Å². The lowest BCUT2D eigenvalue weighted by atomic mass is 9.86. The molecule has 0 spiro atoms. The Kier molecular flexibility index (Phi) is 5.27. The van der Waals surface area contributed by atoms with Gasteiger partial charge in [0.05, 0.1) is 11.2 Å². The van der Waals surface area contributed by atoms with Crippen molar-refractivity contribution in [1.29, 1.82) is 0 Å². The van der Waals surface area contributed by atoms with E-state index in [9.17, 15) is 0 Å². The molecule has 2 N–H and O–H groups in total. The normalized spacial score (nSPS) is 17.6. The summed E-state index contributed by atoms with van der Waals surface area (Å²) in [6, 6.07) is 10.7. The minimum absolute atomic E-state index is 0.140. The van der Waals surface area contributed by atoms with Gasteiger partial charge < -0.3 is 10.6 Å². The monoisotopic (exact) mass is 375 g/mol. The first-order valence-electron chi connectivity index (χ1n) is 10.2. The molecule has 5 heteroatoms. The first-order valence-corrected chi connectivity index (χ1v) is 10.2. The van der Waals surface area contributed by atoms with Gasteiger partial charge in [-0.15, -0.1) is 0 Å². The van der Waals surface area contributed by atoms with Crippen molar-refractivity contribution in [2.45, 2.75) is 39.0 Å². The highest BCUT2D eigenvalue weighted by atomic mass is 15.0. The van der Waals surface area contributed by atoms with E-state index >= 15 is 0 Å². The van der Waals surface area contributed by atoms with Gasteiger partial charge in [0.15, 0.2) is 5.82 Å². The van der Waals surface area contributed by atoms with Crippen molar-refractivity contribution in [2.75, 3.05) is 25.0 Å². The zero-order valence-electron chi connectivity index (χ0n) is 17.0. The van der Waals surface area contributed by atoms with Crippen molar-refractivity contribution >= 4 is 16.9 Å². The Labute approximate surface area is 167 Å². The number of pyridine rings is 1. The molecule has 0 aliphatic carbocycles. The summed E-state index contributed by atoms with van der Waals surface area (Å²) in [4.78, 5) is 14.0. The number of hydrogen-bond acceptors (Lipinski definition) is 5. The molecule has 1 atom stereocenters. The number of piperidine rings is 1. The van der Waals surface area contributed by atoms with Gasteiger partial charge in [0.2, 0.25) is 0 Å². The zero-order chi connectivity index (χ0) is 19.6. The molecule has 0 amide bonds. The van der Waals surface area contributed by atoms with Crippen LogP contribution in [0, 0.1) is 5.92 Å². The molecule has 0 saturated carbocycles. The molecule has 28 heavy (non-hydrogen) atoms. The third kappa shape index (κ3) is 4.14. The number of rotatable bonds is 4. The first kappa shape index (κ1) is 18.8. The van der Waals surface area contributed by atoms with Crippen molar-refractivity contribution < 1.29 is 0 Å². The summed E-state index contributed by atoms with van der Waals surface area (Å²) in [5.41, 5.74) is 5.19. The van der Waals surface area contributed by atoms with Gasteiger partial charge in [-0.3, -0.25) is 4.98 Å². The molecule has 146 valence electrons. The van der Waals surface area contributed by atoms with Crippen molar-refractivity contribution in [2.24, 2.45) is 5.92 Å². The standard InChI is InChI=1S/C23H29N5/c1-23(2,3)18-8-6-17(7-9-18)19-13-20-21(26-12-11-25-20)22(28-19)27-15-16-5-4-10-24-14-16/h6-9,11-13,16,24H,4-5,10,14-15H2,1-3H3,(H,27,28). The smallest absolute Gasteiger partial charge is 0.154 e. The van der Waals surface area contributed by atoms with E-state index in [2.05, 4.69) is 65.6 Å². The van der Waals surface area contributed by atoms with Crippen LogP contribution >= 0.6 is 0 Å². The lowest BCUT2D eigenvalue weighted by Gasteiger charge is -2.23. The fourth-order valence-corrected chi connectivity index (χ4v) is 3.72. The van der Waals surface area contributed by atoms with E-state index < -0.39 is 0 Å². The van der Waals surface area contributed by atoms with Crippen molar-refractivity contribution in [3.05, 3.63) is 48.3 Å². The topological polar surface area (TPSA) is 62.7 Å². The van der Waals surface area contributed by atoms with Crippen LogP contribution in [0.1, 0.15) is 39.2 Å². The van der Waals surface area contributed by atoms with E-state index in [1.165, 1.54) is 18.4 Å². The minimum atomic E-state index is 0.140. The van der Waals surface area contributed by atoms with Gasteiger partial charge in [-0.1, -0.05) is 45.0 Å². The molecule has 1 fully saturated rings. The highest BCUT2D eigenvalue weighted by Gasteiger charge is 2.16. The molecule has 2 aromatic heterocycles. The van der Waals surface area contributed by atoms with Crippen LogP contribution < -0.4 is 10.6 Å². The Bertz CT molecular complexity index is 937. The van der Waals surface area contributed by atoms with Crippen LogP contribution in [-0.4, -0.2) is 34.6 Å². The molecule has 3 aromatic rings. The lowest BCUT2D eigenvalue weighted by Crippen LogP contribution is -2.33. The summed E-state index contributed by atoms with van der Waals surface area (Å²) in [5, 5.41) is 7.02. The maximum absolute atomic E-state index is 4.91. The van der Waals surface area contributed by atoms with Crippen LogP contribution in [-0.2, 0) is 5.41 Å². The Morgan fingerprint density at radius 3 is 2.61 bits per heavy atom. The molecule has 1 aliphatic rings. The predicted octanol–water partition coefficient (Wildman–Crippen LogP) is 4.40. The second-order valence-corrected chi connectivity index (χ2v) is 8.70. The summed E-state index contributed by atoms with van der Waals surface area (Å²) in [6.07, 6.45) is 5.96. The highest BCUT2D eigenvalue weighted by Crippen LogP contribution is 2.28. The highest BCUT2D eigenvalue weighted by molar-refractivity contribution is 5.88. The fourth-order valence-electron chi connectivity index (χ4n) is 3.72. The van der Waals surface area contributed by atoms with Crippen molar-refractivity contribution in [3.63, 3.8) is 0 Å². The number of hydrogen-bond donors (Lipinski definition) is 2. The number of aromatic nitrogens is 3. The molecular formula is C23H29N5. The van der Waals surface area contributed by atoms with Gasteiger partial charge in [0, 0.05) is 24.5 Å². The number of fused-ring (bicyclic) bond motifs is 1. The van der Waals surface area contributed by atoms with Gasteiger partial charge in [-0.2, -0.15) is 0 Å². The SMILES string of the molecule is CC(C)(C)c1ccc(-c2cc3nccnc3c(NCC3CCCNC3)n2)cc1. The Morgan fingerprint density at radius 2 is 1.89 bits per heavy atom. The Hall–Kier alpha value is -2.53. The average molecular weight is 376 g/mol. The minimum Gasteiger partial charge on any atom is -0.368 e. The van der Waals surface area contributed by atoms with Gasteiger partial charge in [-0.05, 0) is 48.9 Å². The lowest BCUT2D eigenvalue weighted by molar-refractivity contribution is 0.392. The molecule has 1 unspecified atom stereocenters. The summed E-state index contributed by atoms with van der Waals surface area (Å²) >= 11 is 0. The Balaban J connectivity index is 1.65. The van der Waals surface area contributed by atoms with Gasteiger partial charge in [-0.25, -0.2) is 9.97 Å². The summed E-state index contributed by atoms with van der Waals surface area (Å²) < 4.78 is 0. The summed E-state index contributed by atoms with van der Waals surface area (Å²) in [6.45, 7) is 9.78. The number of anilines is 1.